The van der Waals surface area contributed by atoms with E-state index in [1.54, 1.807) is 4.90 Å². The van der Waals surface area contributed by atoms with Crippen LogP contribution in [-0.2, 0) is 19.2 Å². The van der Waals surface area contributed by atoms with E-state index in [2.05, 4.69) is 31.2 Å². The van der Waals surface area contributed by atoms with Gasteiger partial charge in [-0.15, -0.1) is 0 Å². The van der Waals surface area contributed by atoms with E-state index in [0.29, 0.717) is 32.2 Å². The van der Waals surface area contributed by atoms with Gasteiger partial charge in [-0.05, 0) is 68.1 Å². The van der Waals surface area contributed by atoms with Crippen molar-refractivity contribution in [1.82, 2.24) is 36.1 Å². The number of aliphatic hydroxyl groups excluding tert-OH is 1. The molecule has 5 amide bonds. The predicted octanol–water partition coefficient (Wildman–Crippen LogP) is 1.94. The Bertz CT molecular complexity index is 1490. The number of nitrogens with one attached hydrogen (secondary N) is 4. The van der Waals surface area contributed by atoms with Gasteiger partial charge in [0.15, 0.2) is 11.8 Å². The van der Waals surface area contributed by atoms with Crippen LogP contribution in [0.4, 0.5) is 0 Å². The van der Waals surface area contributed by atoms with Gasteiger partial charge in [-0.25, -0.2) is 14.8 Å². The average Bonchev–Trinajstić information content (AvgIpc) is 3.68. The van der Waals surface area contributed by atoms with Gasteiger partial charge < -0.3 is 36.4 Å². The highest BCUT2D eigenvalue weighted by Gasteiger charge is 2.52. The first-order valence-electron chi connectivity index (χ1n) is 19.0. The van der Waals surface area contributed by atoms with Gasteiger partial charge in [0, 0.05) is 12.6 Å². The molecule has 3 saturated carbocycles. The molecular formula is C37H55N7O8. The number of fused-ring (bicyclic) bond motifs is 1. The van der Waals surface area contributed by atoms with Crippen LogP contribution in [0.25, 0.3) is 0 Å². The Morgan fingerprint density at radius 2 is 1.54 bits per heavy atom. The van der Waals surface area contributed by atoms with Crippen LogP contribution in [0.5, 0.6) is 0 Å². The van der Waals surface area contributed by atoms with Crippen molar-refractivity contribution in [3.8, 4) is 0 Å². The highest BCUT2D eigenvalue weighted by Crippen LogP contribution is 2.43. The Kier molecular flexibility index (Phi) is 12.5. The quantitative estimate of drug-likeness (QED) is 0.164. The van der Waals surface area contributed by atoms with Crippen LogP contribution in [0.2, 0.25) is 0 Å². The highest BCUT2D eigenvalue weighted by molar-refractivity contribution is 5.98. The van der Waals surface area contributed by atoms with Crippen molar-refractivity contribution in [2.24, 2.45) is 23.2 Å². The second-order valence-corrected chi connectivity index (χ2v) is 16.2. The number of aliphatic hydroxyl groups is 1. The number of hydrogen-bond donors (Lipinski definition) is 6. The van der Waals surface area contributed by atoms with Crippen molar-refractivity contribution in [2.45, 2.75) is 141 Å². The maximum absolute atomic E-state index is 14.6. The molecule has 6 N–H and O–H groups in total. The Morgan fingerprint density at radius 3 is 2.13 bits per heavy atom. The van der Waals surface area contributed by atoms with Crippen LogP contribution < -0.4 is 21.3 Å². The first kappa shape index (κ1) is 39.1. The minimum Gasteiger partial charge on any atom is -0.476 e. The SMILES string of the molecule is CCCC(NC(=O)[C@@H]1C2CCC[C@H]2CN1C(=O)[C@@H](NC(=O)[C@@H](NC(=O)c1cnc(C(=O)O)cn1)C1CCCCC1)C(C)(C)C)C(O)C(=O)NC1CC1. The van der Waals surface area contributed by atoms with Gasteiger partial charge in [-0.3, -0.25) is 24.0 Å². The third-order valence-electron chi connectivity index (χ3n) is 11.1. The minimum atomic E-state index is -1.43. The lowest BCUT2D eigenvalue weighted by Gasteiger charge is -2.38. The Hall–Kier alpha value is -4.14. The second kappa shape index (κ2) is 16.7. The van der Waals surface area contributed by atoms with Crippen molar-refractivity contribution in [1.29, 1.82) is 0 Å². The van der Waals surface area contributed by atoms with Crippen molar-refractivity contribution >= 4 is 35.5 Å². The fourth-order valence-electron chi connectivity index (χ4n) is 8.14. The number of aromatic carboxylic acids is 1. The van der Waals surface area contributed by atoms with E-state index in [1.807, 2.05) is 27.7 Å². The second-order valence-electron chi connectivity index (χ2n) is 16.2. The van der Waals surface area contributed by atoms with E-state index in [0.717, 1.165) is 63.8 Å². The summed E-state index contributed by atoms with van der Waals surface area (Å²) < 4.78 is 0. The number of rotatable bonds is 14. The van der Waals surface area contributed by atoms with Crippen LogP contribution in [0.15, 0.2) is 12.4 Å². The van der Waals surface area contributed by atoms with Gasteiger partial charge >= 0.3 is 5.97 Å². The van der Waals surface area contributed by atoms with E-state index in [9.17, 15) is 33.9 Å². The molecule has 7 atom stereocenters. The summed E-state index contributed by atoms with van der Waals surface area (Å²) in [6, 6.07) is -3.65. The number of aromatic nitrogens is 2. The van der Waals surface area contributed by atoms with Gasteiger partial charge in [0.2, 0.25) is 17.7 Å². The summed E-state index contributed by atoms with van der Waals surface area (Å²) in [5.74, 6) is -4.03. The van der Waals surface area contributed by atoms with Crippen molar-refractivity contribution in [2.75, 3.05) is 6.54 Å². The van der Waals surface area contributed by atoms with Crippen molar-refractivity contribution in [3.05, 3.63) is 23.8 Å². The van der Waals surface area contributed by atoms with Gasteiger partial charge in [0.1, 0.15) is 23.8 Å². The third kappa shape index (κ3) is 9.25. The molecule has 1 aromatic heterocycles. The summed E-state index contributed by atoms with van der Waals surface area (Å²) in [4.78, 5) is 89.6. The summed E-state index contributed by atoms with van der Waals surface area (Å²) in [5.41, 5.74) is -1.25. The molecule has 1 aromatic rings. The number of carboxylic acids is 1. The standard InChI is InChI=1S/C37H55N7O8/c1-5-10-24(29(45)34(49)40-22-15-16-22)41-33(48)28-23-14-9-13-21(23)19-44(28)35(50)30(37(2,3)4)43-32(47)27(20-11-7-6-8-12-20)42-31(46)25-17-39-26(18-38-25)36(51)52/h17-18,20-24,27-30,45H,5-16,19H2,1-4H3,(H,40,49)(H,41,48)(H,42,46)(H,43,47)(H,51,52)/t21-,23?,24?,27-,28-,29?,30+/m0/s1. The van der Waals surface area contributed by atoms with Crippen molar-refractivity contribution in [3.63, 3.8) is 0 Å². The molecule has 0 bridgehead atoms. The van der Waals surface area contributed by atoms with Crippen LogP contribution in [-0.4, -0.2) is 103 Å². The predicted molar refractivity (Wildman–Crippen MR) is 189 cm³/mol. The molecule has 15 heteroatoms. The molecule has 5 rings (SSSR count). The molecule has 1 saturated heterocycles. The Labute approximate surface area is 304 Å². The molecule has 3 aliphatic carbocycles. The normalized spacial score (nSPS) is 24.2. The lowest BCUT2D eigenvalue weighted by Crippen LogP contribution is -2.62. The van der Waals surface area contributed by atoms with Gasteiger partial charge in [-0.1, -0.05) is 59.8 Å². The fourth-order valence-corrected chi connectivity index (χ4v) is 8.14. The Morgan fingerprint density at radius 1 is 0.865 bits per heavy atom. The third-order valence-corrected chi connectivity index (χ3v) is 11.1. The maximum atomic E-state index is 14.6. The summed E-state index contributed by atoms with van der Waals surface area (Å²) in [7, 11) is 0. The van der Waals surface area contributed by atoms with E-state index in [1.165, 1.54) is 0 Å². The topological polar surface area (TPSA) is 220 Å². The zero-order valence-electron chi connectivity index (χ0n) is 30.7. The number of amides is 5. The highest BCUT2D eigenvalue weighted by atomic mass is 16.4. The summed E-state index contributed by atoms with van der Waals surface area (Å²) in [6.07, 6.45) is 10.0. The molecule has 52 heavy (non-hydrogen) atoms. The van der Waals surface area contributed by atoms with Crippen molar-refractivity contribution < 1.29 is 39.0 Å². The number of likely N-dealkylation sites (tertiary alicyclic amines) is 1. The summed E-state index contributed by atoms with van der Waals surface area (Å²) in [6.45, 7) is 7.76. The van der Waals surface area contributed by atoms with Gasteiger partial charge in [0.25, 0.3) is 11.8 Å². The number of nitrogens with zero attached hydrogens (tertiary/aromatic N) is 3. The number of hydrogen-bond acceptors (Lipinski definition) is 9. The molecule has 4 aliphatic rings. The fraction of sp³-hybridized carbons (Fsp3) is 0.730. The van der Waals surface area contributed by atoms with E-state index >= 15 is 0 Å². The number of carbonyl (C=O) groups excluding carboxylic acids is 5. The van der Waals surface area contributed by atoms with Crippen LogP contribution >= 0.6 is 0 Å². The molecular weight excluding hydrogens is 670 g/mol. The number of carboxylic acid groups (broad SMARTS) is 1. The lowest BCUT2D eigenvalue weighted by atomic mass is 9.82. The molecule has 3 unspecified atom stereocenters. The summed E-state index contributed by atoms with van der Waals surface area (Å²) >= 11 is 0. The van der Waals surface area contributed by atoms with Gasteiger partial charge in [-0.2, -0.15) is 0 Å². The molecule has 4 fully saturated rings. The smallest absolute Gasteiger partial charge is 0.356 e. The van der Waals surface area contributed by atoms with Crippen LogP contribution in [0.1, 0.15) is 126 Å². The minimum absolute atomic E-state index is 0.0527. The van der Waals surface area contributed by atoms with E-state index < -0.39 is 71.2 Å². The zero-order valence-corrected chi connectivity index (χ0v) is 30.7. The molecule has 0 aromatic carbocycles. The first-order valence-corrected chi connectivity index (χ1v) is 19.0. The molecule has 0 radical (unpaired) electrons. The number of carbonyl (C=O) groups is 6. The molecule has 2 heterocycles. The largest absolute Gasteiger partial charge is 0.476 e. The molecule has 0 spiro atoms. The maximum Gasteiger partial charge on any atom is 0.356 e. The molecule has 15 nitrogen and oxygen atoms in total. The van der Waals surface area contributed by atoms with E-state index in [-0.39, 0.29) is 35.2 Å². The average molecular weight is 726 g/mol. The van der Waals surface area contributed by atoms with Crippen LogP contribution in [0, 0.1) is 23.2 Å². The van der Waals surface area contributed by atoms with E-state index in [4.69, 9.17) is 5.11 Å². The first-order chi connectivity index (χ1) is 24.7. The zero-order chi connectivity index (χ0) is 37.7. The van der Waals surface area contributed by atoms with Crippen LogP contribution in [0.3, 0.4) is 0 Å². The van der Waals surface area contributed by atoms with Gasteiger partial charge in [0.05, 0.1) is 18.4 Å². The lowest BCUT2D eigenvalue weighted by molar-refractivity contribution is -0.146. The summed E-state index contributed by atoms with van der Waals surface area (Å²) in [5, 5.41) is 31.6. The Balaban J connectivity index is 1.35. The molecule has 286 valence electrons. The monoisotopic (exact) mass is 725 g/mol. The molecule has 1 aliphatic heterocycles.